The number of nitrogens with zero attached hydrogens (tertiary/aromatic N) is 1. The van der Waals surface area contributed by atoms with Crippen molar-refractivity contribution in [1.29, 1.82) is 0 Å². The molecule has 1 saturated heterocycles. The third-order valence-corrected chi connectivity index (χ3v) is 4.91. The summed E-state index contributed by atoms with van der Waals surface area (Å²) in [6, 6.07) is 6.84. The lowest BCUT2D eigenvalue weighted by Crippen LogP contribution is -2.38. The highest BCUT2D eigenvalue weighted by Gasteiger charge is 2.20. The van der Waals surface area contributed by atoms with E-state index in [1.54, 1.807) is 0 Å². The van der Waals surface area contributed by atoms with Crippen molar-refractivity contribution in [2.45, 2.75) is 32.1 Å². The van der Waals surface area contributed by atoms with Gasteiger partial charge >= 0.3 is 0 Å². The molecule has 18 heavy (non-hydrogen) atoms. The number of rotatable bonds is 4. The van der Waals surface area contributed by atoms with Gasteiger partial charge in [-0.25, -0.2) is 0 Å². The minimum absolute atomic E-state index is 0.794. The Morgan fingerprint density at radius 3 is 3.00 bits per heavy atom. The standard InChI is InChI=1S/C15H24N2S/c1-4-14-11-17(7-8-18-14)15-6-5-12(2)9-13(15)10-16-3/h5-6,9,14,16H,4,7-8,10-11H2,1-3H3. The van der Waals surface area contributed by atoms with Gasteiger partial charge in [-0.05, 0) is 32.0 Å². The summed E-state index contributed by atoms with van der Waals surface area (Å²) in [5, 5.41) is 4.08. The third-order valence-electron chi connectivity index (χ3n) is 3.54. The molecular weight excluding hydrogens is 240 g/mol. The van der Waals surface area contributed by atoms with Gasteiger partial charge in [0.1, 0.15) is 0 Å². The van der Waals surface area contributed by atoms with Gasteiger partial charge in [-0.15, -0.1) is 0 Å². The van der Waals surface area contributed by atoms with Crippen molar-refractivity contribution in [3.63, 3.8) is 0 Å². The molecule has 0 saturated carbocycles. The summed E-state index contributed by atoms with van der Waals surface area (Å²) in [7, 11) is 2.02. The van der Waals surface area contributed by atoms with Crippen LogP contribution in [0.15, 0.2) is 18.2 Å². The van der Waals surface area contributed by atoms with Gasteiger partial charge < -0.3 is 10.2 Å². The van der Waals surface area contributed by atoms with Crippen LogP contribution in [-0.2, 0) is 6.54 Å². The average Bonchev–Trinajstić information content (AvgIpc) is 2.39. The summed E-state index contributed by atoms with van der Waals surface area (Å²) in [4.78, 5) is 2.57. The fourth-order valence-electron chi connectivity index (χ4n) is 2.54. The number of anilines is 1. The van der Waals surface area contributed by atoms with E-state index in [-0.39, 0.29) is 0 Å². The molecule has 100 valence electrons. The first-order valence-electron chi connectivity index (χ1n) is 6.85. The van der Waals surface area contributed by atoms with Gasteiger partial charge in [0.05, 0.1) is 0 Å². The molecule has 0 radical (unpaired) electrons. The SMILES string of the molecule is CCC1CN(c2ccc(C)cc2CNC)CCS1. The Hall–Kier alpha value is -0.670. The van der Waals surface area contributed by atoms with Crippen LogP contribution in [0.3, 0.4) is 0 Å². The molecule has 2 rings (SSSR count). The number of hydrogen-bond acceptors (Lipinski definition) is 3. The molecule has 1 aliphatic heterocycles. The number of thioether (sulfide) groups is 1. The average molecular weight is 264 g/mol. The Morgan fingerprint density at radius 1 is 1.44 bits per heavy atom. The summed E-state index contributed by atoms with van der Waals surface area (Å²) in [6.07, 6.45) is 1.27. The van der Waals surface area contributed by atoms with Crippen molar-refractivity contribution in [2.24, 2.45) is 0 Å². The van der Waals surface area contributed by atoms with E-state index in [1.165, 1.54) is 42.1 Å². The Bertz CT molecular complexity index is 392. The largest absolute Gasteiger partial charge is 0.369 e. The van der Waals surface area contributed by atoms with Crippen LogP contribution in [0.25, 0.3) is 0 Å². The lowest BCUT2D eigenvalue weighted by Gasteiger charge is -2.35. The Labute approximate surface area is 115 Å². The van der Waals surface area contributed by atoms with E-state index in [1.807, 2.05) is 7.05 Å². The maximum atomic E-state index is 3.28. The normalized spacial score (nSPS) is 20.2. The van der Waals surface area contributed by atoms with E-state index in [4.69, 9.17) is 0 Å². The second-order valence-corrected chi connectivity index (χ2v) is 6.42. The Morgan fingerprint density at radius 2 is 2.28 bits per heavy atom. The van der Waals surface area contributed by atoms with Crippen molar-refractivity contribution < 1.29 is 0 Å². The molecule has 1 N–H and O–H groups in total. The molecule has 0 amide bonds. The van der Waals surface area contributed by atoms with Crippen LogP contribution in [-0.4, -0.2) is 31.1 Å². The van der Waals surface area contributed by atoms with E-state index in [2.05, 4.69) is 54.0 Å². The summed E-state index contributed by atoms with van der Waals surface area (Å²) in [6.45, 7) is 7.80. The summed E-state index contributed by atoms with van der Waals surface area (Å²) in [5.41, 5.74) is 4.20. The fraction of sp³-hybridized carbons (Fsp3) is 0.600. The van der Waals surface area contributed by atoms with Crippen LogP contribution in [0.2, 0.25) is 0 Å². The van der Waals surface area contributed by atoms with Crippen LogP contribution in [0.5, 0.6) is 0 Å². The van der Waals surface area contributed by atoms with E-state index in [0.717, 1.165) is 11.8 Å². The molecule has 0 bridgehead atoms. The quantitative estimate of drug-likeness (QED) is 0.900. The van der Waals surface area contributed by atoms with Crippen LogP contribution >= 0.6 is 11.8 Å². The van der Waals surface area contributed by atoms with Gasteiger partial charge in [-0.2, -0.15) is 11.8 Å². The monoisotopic (exact) mass is 264 g/mol. The molecule has 2 nitrogen and oxygen atoms in total. The van der Waals surface area contributed by atoms with Crippen molar-refractivity contribution >= 4 is 17.4 Å². The van der Waals surface area contributed by atoms with Gasteiger partial charge in [0.25, 0.3) is 0 Å². The topological polar surface area (TPSA) is 15.3 Å². The van der Waals surface area contributed by atoms with Crippen LogP contribution in [0.1, 0.15) is 24.5 Å². The Kier molecular flexibility index (Phi) is 4.95. The molecule has 1 unspecified atom stereocenters. The summed E-state index contributed by atoms with van der Waals surface area (Å²) in [5.74, 6) is 1.26. The fourth-order valence-corrected chi connectivity index (χ4v) is 3.72. The molecule has 1 aliphatic rings. The van der Waals surface area contributed by atoms with Gasteiger partial charge in [-0.1, -0.05) is 24.6 Å². The van der Waals surface area contributed by atoms with Crippen molar-refractivity contribution in [2.75, 3.05) is 30.8 Å². The first-order valence-corrected chi connectivity index (χ1v) is 7.90. The molecule has 0 aromatic heterocycles. The van der Waals surface area contributed by atoms with Gasteiger partial charge in [-0.3, -0.25) is 0 Å². The molecule has 1 atom stereocenters. The van der Waals surface area contributed by atoms with Gasteiger partial charge in [0.2, 0.25) is 0 Å². The maximum absolute atomic E-state index is 3.28. The van der Waals surface area contributed by atoms with E-state index in [0.29, 0.717) is 0 Å². The zero-order valence-corrected chi connectivity index (χ0v) is 12.5. The molecule has 3 heteroatoms. The minimum Gasteiger partial charge on any atom is -0.369 e. The molecule has 1 aromatic carbocycles. The summed E-state index contributed by atoms with van der Waals surface area (Å²) >= 11 is 2.13. The molecule has 0 aliphatic carbocycles. The van der Waals surface area contributed by atoms with Gasteiger partial charge in [0, 0.05) is 36.3 Å². The zero-order chi connectivity index (χ0) is 13.0. The van der Waals surface area contributed by atoms with Crippen LogP contribution < -0.4 is 10.2 Å². The zero-order valence-electron chi connectivity index (χ0n) is 11.7. The first kappa shape index (κ1) is 13.8. The summed E-state index contributed by atoms with van der Waals surface area (Å²) < 4.78 is 0. The second kappa shape index (κ2) is 6.48. The number of aryl methyl sites for hydroxylation is 1. The van der Waals surface area contributed by atoms with Crippen LogP contribution in [0.4, 0.5) is 5.69 Å². The Balaban J connectivity index is 2.20. The molecule has 1 aromatic rings. The second-order valence-electron chi connectivity index (χ2n) is 5.01. The molecule has 0 spiro atoms. The number of nitrogens with one attached hydrogen (secondary N) is 1. The first-order chi connectivity index (χ1) is 8.74. The predicted molar refractivity (Wildman–Crippen MR) is 82.7 cm³/mol. The van der Waals surface area contributed by atoms with E-state index in [9.17, 15) is 0 Å². The molecule has 1 fully saturated rings. The van der Waals surface area contributed by atoms with Crippen molar-refractivity contribution in [1.82, 2.24) is 5.32 Å². The smallest absolute Gasteiger partial charge is 0.0412 e. The third kappa shape index (κ3) is 3.21. The van der Waals surface area contributed by atoms with Gasteiger partial charge in [0.15, 0.2) is 0 Å². The van der Waals surface area contributed by atoms with Crippen LogP contribution in [0, 0.1) is 6.92 Å². The number of benzene rings is 1. The van der Waals surface area contributed by atoms with Crippen molar-refractivity contribution in [3.8, 4) is 0 Å². The highest BCUT2D eigenvalue weighted by atomic mass is 32.2. The highest BCUT2D eigenvalue weighted by Crippen LogP contribution is 2.28. The molecule has 1 heterocycles. The lowest BCUT2D eigenvalue weighted by atomic mass is 10.1. The van der Waals surface area contributed by atoms with E-state index < -0.39 is 0 Å². The lowest BCUT2D eigenvalue weighted by molar-refractivity contribution is 0.719. The van der Waals surface area contributed by atoms with Crippen molar-refractivity contribution in [3.05, 3.63) is 29.3 Å². The minimum atomic E-state index is 0.794. The maximum Gasteiger partial charge on any atom is 0.0412 e. The number of hydrogen-bond donors (Lipinski definition) is 1. The predicted octanol–water partition coefficient (Wildman–Crippen LogP) is 3.05. The highest BCUT2D eigenvalue weighted by molar-refractivity contribution is 8.00. The van der Waals surface area contributed by atoms with E-state index >= 15 is 0 Å². The molecular formula is C15H24N2S.